The van der Waals surface area contributed by atoms with Crippen molar-refractivity contribution < 1.29 is 14.3 Å². The summed E-state index contributed by atoms with van der Waals surface area (Å²) >= 11 is 11.5. The van der Waals surface area contributed by atoms with Gasteiger partial charge < -0.3 is 19.5 Å². The highest BCUT2D eigenvalue weighted by atomic mass is 35.5. The van der Waals surface area contributed by atoms with Gasteiger partial charge in [-0.05, 0) is 51.5 Å². The Morgan fingerprint density at radius 1 is 1.06 bits per heavy atom. The number of aryl methyl sites for hydroxylation is 2. The second kappa shape index (κ2) is 10.3. The molecule has 8 heteroatoms. The Hall–Kier alpha value is -2.70. The van der Waals surface area contributed by atoms with Crippen LogP contribution in [0.5, 0.6) is 5.75 Å². The number of carbonyl (C=O) groups is 2. The summed E-state index contributed by atoms with van der Waals surface area (Å²) in [5, 5.41) is 3.44. The van der Waals surface area contributed by atoms with Gasteiger partial charge in [-0.1, -0.05) is 52.5 Å². The fourth-order valence-corrected chi connectivity index (χ4v) is 3.89. The van der Waals surface area contributed by atoms with Crippen LogP contribution in [0.15, 0.2) is 42.6 Å². The van der Waals surface area contributed by atoms with E-state index in [1.807, 2.05) is 32.2 Å². The van der Waals surface area contributed by atoms with Gasteiger partial charge >= 0.3 is 6.09 Å². The summed E-state index contributed by atoms with van der Waals surface area (Å²) in [6.45, 7) is 9.57. The SMILES string of the molecule is CCN(CC)C(=O)Oc1ccc2c(ccn2Cc2cc(C)cc(C)c2)c1NC(=O)C(Cl)Cl. The molecule has 3 aromatic rings. The quantitative estimate of drug-likeness (QED) is 0.433. The van der Waals surface area contributed by atoms with E-state index >= 15 is 0 Å². The molecule has 6 nitrogen and oxygen atoms in total. The summed E-state index contributed by atoms with van der Waals surface area (Å²) in [5.74, 6) is -0.357. The van der Waals surface area contributed by atoms with E-state index in [4.69, 9.17) is 27.9 Å². The Bertz CT molecular complexity index is 1120. The monoisotopic (exact) mass is 475 g/mol. The molecule has 32 heavy (non-hydrogen) atoms. The summed E-state index contributed by atoms with van der Waals surface area (Å²) in [4.78, 5) is 25.1. The van der Waals surface area contributed by atoms with Crippen LogP contribution in [-0.2, 0) is 11.3 Å². The van der Waals surface area contributed by atoms with Crippen molar-refractivity contribution >= 4 is 51.8 Å². The number of nitrogens with one attached hydrogen (secondary N) is 1. The molecule has 0 aliphatic rings. The highest BCUT2D eigenvalue weighted by molar-refractivity contribution is 6.54. The van der Waals surface area contributed by atoms with Crippen LogP contribution < -0.4 is 10.1 Å². The number of nitrogens with zero attached hydrogens (tertiary/aromatic N) is 2. The van der Waals surface area contributed by atoms with Crippen molar-refractivity contribution in [3.05, 3.63) is 59.3 Å². The summed E-state index contributed by atoms with van der Waals surface area (Å²) in [6, 6.07) is 11.9. The van der Waals surface area contributed by atoms with Crippen molar-refractivity contribution in [2.24, 2.45) is 0 Å². The topological polar surface area (TPSA) is 63.6 Å². The second-order valence-electron chi connectivity index (χ2n) is 7.64. The lowest BCUT2D eigenvalue weighted by molar-refractivity contribution is -0.114. The van der Waals surface area contributed by atoms with Crippen molar-refractivity contribution in [2.75, 3.05) is 18.4 Å². The van der Waals surface area contributed by atoms with Gasteiger partial charge in [-0.2, -0.15) is 0 Å². The standard InChI is InChI=1S/C24H27Cl2N3O3/c1-5-28(6-2)24(31)32-20-8-7-19-18(21(20)27-23(30)22(25)26)9-10-29(19)14-17-12-15(3)11-16(4)13-17/h7-13,22H,5-6,14H2,1-4H3,(H,27,30). The van der Waals surface area contributed by atoms with Gasteiger partial charge in [0.2, 0.25) is 0 Å². The van der Waals surface area contributed by atoms with Gasteiger partial charge in [0.15, 0.2) is 10.6 Å². The molecule has 2 aromatic carbocycles. The number of ether oxygens (including phenoxy) is 1. The van der Waals surface area contributed by atoms with Crippen LogP contribution in [0.1, 0.15) is 30.5 Å². The third-order valence-corrected chi connectivity index (χ3v) is 5.61. The van der Waals surface area contributed by atoms with E-state index in [1.165, 1.54) is 16.7 Å². The number of anilines is 1. The van der Waals surface area contributed by atoms with Crippen LogP contribution >= 0.6 is 23.2 Å². The molecule has 1 N–H and O–H groups in total. The van der Waals surface area contributed by atoms with Crippen molar-refractivity contribution in [1.29, 1.82) is 0 Å². The molecule has 0 bridgehead atoms. The van der Waals surface area contributed by atoms with Crippen LogP contribution in [0, 0.1) is 13.8 Å². The van der Waals surface area contributed by atoms with Crippen LogP contribution in [-0.4, -0.2) is 39.4 Å². The number of carbonyl (C=O) groups excluding carboxylic acids is 2. The van der Waals surface area contributed by atoms with Gasteiger partial charge in [0.25, 0.3) is 5.91 Å². The minimum absolute atomic E-state index is 0.237. The average molecular weight is 476 g/mol. The third-order valence-electron chi connectivity index (χ3n) is 5.21. The highest BCUT2D eigenvalue weighted by Crippen LogP contribution is 2.35. The first-order chi connectivity index (χ1) is 15.2. The zero-order chi connectivity index (χ0) is 23.4. The molecule has 0 saturated carbocycles. The van der Waals surface area contributed by atoms with Crippen molar-refractivity contribution in [3.63, 3.8) is 0 Å². The van der Waals surface area contributed by atoms with Crippen LogP contribution in [0.4, 0.5) is 10.5 Å². The molecule has 0 atom stereocenters. The third kappa shape index (κ3) is 5.37. The highest BCUT2D eigenvalue weighted by Gasteiger charge is 2.21. The maximum absolute atomic E-state index is 12.5. The summed E-state index contributed by atoms with van der Waals surface area (Å²) in [5.41, 5.74) is 4.81. The van der Waals surface area contributed by atoms with Gasteiger partial charge in [-0.3, -0.25) is 4.79 Å². The van der Waals surface area contributed by atoms with Gasteiger partial charge in [0.1, 0.15) is 0 Å². The molecule has 0 saturated heterocycles. The number of rotatable bonds is 7. The van der Waals surface area contributed by atoms with E-state index in [2.05, 4.69) is 41.9 Å². The van der Waals surface area contributed by atoms with Crippen LogP contribution in [0.25, 0.3) is 10.9 Å². The summed E-state index contributed by atoms with van der Waals surface area (Å²) < 4.78 is 7.69. The normalized spacial score (nSPS) is 11.1. The number of benzene rings is 2. The lowest BCUT2D eigenvalue weighted by atomic mass is 10.1. The minimum atomic E-state index is -1.26. The van der Waals surface area contributed by atoms with Crippen molar-refractivity contribution in [2.45, 2.75) is 39.1 Å². The molecule has 2 amide bonds. The maximum Gasteiger partial charge on any atom is 0.415 e. The number of hydrogen-bond donors (Lipinski definition) is 1. The molecule has 0 radical (unpaired) electrons. The number of fused-ring (bicyclic) bond motifs is 1. The average Bonchev–Trinajstić information content (AvgIpc) is 3.12. The first kappa shape index (κ1) is 24.0. The molecular weight excluding hydrogens is 449 g/mol. The number of halogens is 2. The van der Waals surface area contributed by atoms with Gasteiger partial charge in [-0.25, -0.2) is 4.79 Å². The first-order valence-electron chi connectivity index (χ1n) is 10.5. The molecule has 0 fully saturated rings. The molecule has 1 heterocycles. The van der Waals surface area contributed by atoms with Gasteiger partial charge in [0.05, 0.1) is 11.2 Å². The predicted molar refractivity (Wildman–Crippen MR) is 130 cm³/mol. The first-order valence-corrected chi connectivity index (χ1v) is 11.4. The van der Waals surface area contributed by atoms with E-state index in [0.29, 0.717) is 25.3 Å². The number of aromatic nitrogens is 1. The number of hydrogen-bond acceptors (Lipinski definition) is 3. The Balaban J connectivity index is 2.03. The molecule has 3 rings (SSSR count). The number of alkyl halides is 2. The molecule has 170 valence electrons. The molecule has 0 aliphatic carbocycles. The largest absolute Gasteiger partial charge is 0.415 e. The maximum atomic E-state index is 12.5. The van der Waals surface area contributed by atoms with Crippen molar-refractivity contribution in [1.82, 2.24) is 9.47 Å². The van der Waals surface area contributed by atoms with Crippen LogP contribution in [0.3, 0.4) is 0 Å². The lowest BCUT2D eigenvalue weighted by Crippen LogP contribution is -2.33. The Morgan fingerprint density at radius 2 is 1.72 bits per heavy atom. The summed E-state index contributed by atoms with van der Waals surface area (Å²) in [7, 11) is 0. The van der Waals surface area contributed by atoms with E-state index < -0.39 is 16.8 Å². The molecule has 0 spiro atoms. The number of amides is 2. The van der Waals surface area contributed by atoms with E-state index in [0.717, 1.165) is 10.9 Å². The Morgan fingerprint density at radius 3 is 2.31 bits per heavy atom. The van der Waals surface area contributed by atoms with E-state index in [-0.39, 0.29) is 5.75 Å². The molecular formula is C24H27Cl2N3O3. The van der Waals surface area contributed by atoms with Gasteiger partial charge in [0, 0.05) is 31.2 Å². The van der Waals surface area contributed by atoms with E-state index in [9.17, 15) is 9.59 Å². The molecule has 0 aliphatic heterocycles. The predicted octanol–water partition coefficient (Wildman–Crippen LogP) is 5.89. The molecule has 1 aromatic heterocycles. The van der Waals surface area contributed by atoms with Gasteiger partial charge in [-0.15, -0.1) is 0 Å². The van der Waals surface area contributed by atoms with Crippen LogP contribution in [0.2, 0.25) is 0 Å². The Kier molecular flexibility index (Phi) is 7.69. The zero-order valence-corrected chi connectivity index (χ0v) is 20.1. The summed E-state index contributed by atoms with van der Waals surface area (Å²) in [6.07, 6.45) is 1.44. The lowest BCUT2D eigenvalue weighted by Gasteiger charge is -2.20. The fraction of sp³-hybridized carbons (Fsp3) is 0.333. The fourth-order valence-electron chi connectivity index (χ4n) is 3.78. The second-order valence-corrected chi connectivity index (χ2v) is 8.74. The minimum Gasteiger partial charge on any atom is -0.408 e. The smallest absolute Gasteiger partial charge is 0.408 e. The van der Waals surface area contributed by atoms with E-state index in [1.54, 1.807) is 11.0 Å². The zero-order valence-electron chi connectivity index (χ0n) is 18.6. The molecule has 0 unspecified atom stereocenters. The van der Waals surface area contributed by atoms with Crippen molar-refractivity contribution in [3.8, 4) is 5.75 Å². The Labute approximate surface area is 198 Å².